The molecule has 7 N–H and O–H groups in total. The van der Waals surface area contributed by atoms with E-state index in [2.05, 4.69) is 31.1 Å². The van der Waals surface area contributed by atoms with Crippen LogP contribution in [0.2, 0.25) is 0 Å². The highest BCUT2D eigenvalue weighted by atomic mass is 16.6. The summed E-state index contributed by atoms with van der Waals surface area (Å²) in [6.07, 6.45) is 0.917. The molecule has 4 atom stereocenters. The maximum atomic E-state index is 12.1. The number of nitrogens with zero attached hydrogens (tertiary/aromatic N) is 4. The number of aliphatic hydroxyl groups is 2. The highest BCUT2D eigenvalue weighted by Gasteiger charge is 2.47. The van der Waals surface area contributed by atoms with Crippen molar-refractivity contribution in [1.82, 2.24) is 30.3 Å². The molecule has 13 nitrogen and oxygen atoms in total. The van der Waals surface area contributed by atoms with Gasteiger partial charge in [-0.05, 0) is 19.8 Å². The highest BCUT2D eigenvalue weighted by molar-refractivity contribution is 5.83. The first kappa shape index (κ1) is 21.1. The lowest BCUT2D eigenvalue weighted by molar-refractivity contribution is -0.137. The van der Waals surface area contributed by atoms with Crippen molar-refractivity contribution in [3.05, 3.63) is 18.3 Å². The van der Waals surface area contributed by atoms with Crippen molar-refractivity contribution in [2.24, 2.45) is 0 Å². The molecule has 2 aromatic heterocycles. The van der Waals surface area contributed by atoms with Crippen LogP contribution in [-0.2, 0) is 14.3 Å². The molecule has 0 radical (unpaired) electrons. The maximum absolute atomic E-state index is 12.1. The molecule has 2 saturated heterocycles. The first-order chi connectivity index (χ1) is 15.0. The van der Waals surface area contributed by atoms with Crippen LogP contribution in [0.4, 0.5) is 11.8 Å². The van der Waals surface area contributed by atoms with Gasteiger partial charge < -0.3 is 36.2 Å². The monoisotopic (exact) mass is 434 g/mol. The first-order valence-corrected chi connectivity index (χ1v) is 10.1. The summed E-state index contributed by atoms with van der Waals surface area (Å²) in [4.78, 5) is 24.8. The van der Waals surface area contributed by atoms with E-state index in [9.17, 15) is 15.0 Å². The Bertz CT molecular complexity index is 971. The molecular weight excluding hydrogens is 408 g/mol. The van der Waals surface area contributed by atoms with Gasteiger partial charge in [0.2, 0.25) is 5.95 Å². The number of nitrogen functional groups attached to an aromatic ring is 1. The molecule has 0 aromatic carbocycles. The minimum absolute atomic E-state index is 0.114. The molecule has 0 bridgehead atoms. The summed E-state index contributed by atoms with van der Waals surface area (Å²) in [7, 11) is 0. The SMILES string of the molecule is CCNC(=O)[C@H]1O[C@@H](n2cnc3c(N)nc(NNC=C4CCCCO4)nc32)[C@H](O)[C@@H]1O. The number of aromatic nitrogens is 4. The van der Waals surface area contributed by atoms with E-state index >= 15 is 0 Å². The number of likely N-dealkylation sites (N-methyl/N-ethyl adjacent to an activating group) is 1. The fourth-order valence-electron chi connectivity index (χ4n) is 3.53. The van der Waals surface area contributed by atoms with Gasteiger partial charge in [-0.25, -0.2) is 4.98 Å². The van der Waals surface area contributed by atoms with Crippen molar-refractivity contribution in [2.75, 3.05) is 24.3 Å². The third-order valence-corrected chi connectivity index (χ3v) is 5.09. The molecule has 31 heavy (non-hydrogen) atoms. The second-order valence-corrected chi connectivity index (χ2v) is 7.27. The minimum Gasteiger partial charge on any atom is -0.496 e. The summed E-state index contributed by atoms with van der Waals surface area (Å²) >= 11 is 0. The summed E-state index contributed by atoms with van der Waals surface area (Å²) in [6.45, 7) is 2.80. The molecule has 0 saturated carbocycles. The number of aliphatic hydroxyl groups excluding tert-OH is 2. The van der Waals surface area contributed by atoms with Gasteiger partial charge in [0.05, 0.1) is 19.1 Å². The van der Waals surface area contributed by atoms with E-state index in [1.165, 1.54) is 10.9 Å². The third-order valence-electron chi connectivity index (χ3n) is 5.09. The average Bonchev–Trinajstić information content (AvgIpc) is 3.31. The zero-order chi connectivity index (χ0) is 22.0. The molecule has 0 spiro atoms. The van der Waals surface area contributed by atoms with Crippen molar-refractivity contribution >= 4 is 28.8 Å². The number of nitrogens with two attached hydrogens (primary N) is 1. The lowest BCUT2D eigenvalue weighted by Gasteiger charge is -2.17. The fourth-order valence-corrected chi connectivity index (χ4v) is 3.53. The molecule has 168 valence electrons. The van der Waals surface area contributed by atoms with Gasteiger partial charge in [0.15, 0.2) is 23.8 Å². The number of hydrogen-bond donors (Lipinski definition) is 6. The number of nitrogens with one attached hydrogen (secondary N) is 3. The average molecular weight is 434 g/mol. The second-order valence-electron chi connectivity index (χ2n) is 7.27. The number of ether oxygens (including phenoxy) is 2. The van der Waals surface area contributed by atoms with Gasteiger partial charge in [-0.1, -0.05) is 0 Å². The lowest BCUT2D eigenvalue weighted by Crippen LogP contribution is -2.42. The Kier molecular flexibility index (Phi) is 6.06. The van der Waals surface area contributed by atoms with Gasteiger partial charge in [0, 0.05) is 13.0 Å². The predicted octanol–water partition coefficient (Wildman–Crippen LogP) is -0.878. The number of anilines is 2. The van der Waals surface area contributed by atoms with Crippen LogP contribution < -0.4 is 21.9 Å². The number of imidazole rings is 1. The summed E-state index contributed by atoms with van der Waals surface area (Å²) in [6, 6.07) is 0. The standard InChI is InChI=1S/C18H26N8O5/c1-2-20-16(29)13-11(27)12(28)17(31-13)26-8-21-10-14(19)23-18(24-15(10)26)25-22-7-9-5-3-4-6-30-9/h7-8,11-13,17,22,27-28H,2-6H2,1H3,(H,20,29)(H3,19,23,24,25)/t11-,12+,13-,17+/m0/s1. The van der Waals surface area contributed by atoms with E-state index in [0.717, 1.165) is 25.0 Å². The number of carbonyl (C=O) groups is 1. The number of fused-ring (bicyclic) bond motifs is 1. The van der Waals surface area contributed by atoms with E-state index in [1.54, 1.807) is 13.1 Å². The van der Waals surface area contributed by atoms with Gasteiger partial charge in [-0.2, -0.15) is 9.97 Å². The van der Waals surface area contributed by atoms with Crippen LogP contribution >= 0.6 is 0 Å². The summed E-state index contributed by atoms with van der Waals surface area (Å²) in [5, 5.41) is 23.3. The first-order valence-electron chi connectivity index (χ1n) is 10.1. The smallest absolute Gasteiger partial charge is 0.252 e. The van der Waals surface area contributed by atoms with Crippen molar-refractivity contribution in [3.63, 3.8) is 0 Å². The molecule has 4 heterocycles. The van der Waals surface area contributed by atoms with Crippen LogP contribution in [0.3, 0.4) is 0 Å². The van der Waals surface area contributed by atoms with Crippen LogP contribution in [-0.4, -0.2) is 67.1 Å². The molecule has 0 aliphatic carbocycles. The Labute approximate surface area is 177 Å². The lowest BCUT2D eigenvalue weighted by atomic mass is 10.1. The Morgan fingerprint density at radius 1 is 1.35 bits per heavy atom. The molecule has 0 unspecified atom stereocenters. The number of hydrogen-bond acceptors (Lipinski definition) is 11. The molecular formula is C18H26N8O5. The Hall–Kier alpha value is -3.16. The normalized spacial score (nSPS) is 27.3. The zero-order valence-corrected chi connectivity index (χ0v) is 17.0. The van der Waals surface area contributed by atoms with E-state index in [4.69, 9.17) is 15.2 Å². The van der Waals surface area contributed by atoms with Gasteiger partial charge in [0.25, 0.3) is 5.91 Å². The van der Waals surface area contributed by atoms with Gasteiger partial charge in [0.1, 0.15) is 23.5 Å². The number of amides is 1. The Morgan fingerprint density at radius 2 is 2.19 bits per heavy atom. The molecule has 2 aliphatic rings. The second kappa shape index (κ2) is 8.91. The van der Waals surface area contributed by atoms with Crippen molar-refractivity contribution in [2.45, 2.75) is 50.7 Å². The summed E-state index contributed by atoms with van der Waals surface area (Å²) in [5.41, 5.74) is 12.3. The molecule has 1 amide bonds. The molecule has 13 heteroatoms. The van der Waals surface area contributed by atoms with Crippen molar-refractivity contribution in [1.29, 1.82) is 0 Å². The molecule has 2 aromatic rings. The van der Waals surface area contributed by atoms with E-state index in [1.807, 2.05) is 0 Å². The van der Waals surface area contributed by atoms with E-state index in [-0.39, 0.29) is 17.4 Å². The van der Waals surface area contributed by atoms with Gasteiger partial charge in [-0.15, -0.1) is 0 Å². The van der Waals surface area contributed by atoms with Crippen LogP contribution in [0.5, 0.6) is 0 Å². The number of carbonyl (C=O) groups excluding carboxylic acids is 1. The quantitative estimate of drug-likeness (QED) is 0.311. The minimum atomic E-state index is -1.41. The fraction of sp³-hybridized carbons (Fsp3) is 0.556. The molecule has 2 fully saturated rings. The van der Waals surface area contributed by atoms with Gasteiger partial charge in [-0.3, -0.25) is 14.8 Å². The largest absolute Gasteiger partial charge is 0.496 e. The number of hydrazine groups is 1. The van der Waals surface area contributed by atoms with Crippen LogP contribution in [0, 0.1) is 0 Å². The summed E-state index contributed by atoms with van der Waals surface area (Å²) in [5.74, 6) is 0.584. The van der Waals surface area contributed by atoms with Gasteiger partial charge >= 0.3 is 0 Å². The Morgan fingerprint density at radius 3 is 2.94 bits per heavy atom. The van der Waals surface area contributed by atoms with Crippen LogP contribution in [0.1, 0.15) is 32.4 Å². The maximum Gasteiger partial charge on any atom is 0.252 e. The Balaban J connectivity index is 1.55. The van der Waals surface area contributed by atoms with E-state index < -0.39 is 30.4 Å². The number of rotatable bonds is 6. The predicted molar refractivity (Wildman–Crippen MR) is 109 cm³/mol. The molecule has 4 rings (SSSR count). The third kappa shape index (κ3) is 4.19. The molecule has 2 aliphatic heterocycles. The number of allylic oxidation sites excluding steroid dienone is 1. The van der Waals surface area contributed by atoms with E-state index in [0.29, 0.717) is 18.7 Å². The van der Waals surface area contributed by atoms with Crippen molar-refractivity contribution in [3.8, 4) is 0 Å². The van der Waals surface area contributed by atoms with Crippen LogP contribution in [0.25, 0.3) is 11.2 Å². The van der Waals surface area contributed by atoms with Crippen LogP contribution in [0.15, 0.2) is 18.3 Å². The zero-order valence-electron chi connectivity index (χ0n) is 17.0. The van der Waals surface area contributed by atoms with Crippen molar-refractivity contribution < 1.29 is 24.5 Å². The summed E-state index contributed by atoms with van der Waals surface area (Å²) < 4.78 is 12.6. The topological polar surface area (TPSA) is 182 Å². The highest BCUT2D eigenvalue weighted by Crippen LogP contribution is 2.32.